The van der Waals surface area contributed by atoms with Gasteiger partial charge in [0.1, 0.15) is 16.8 Å². The zero-order valence-electron chi connectivity index (χ0n) is 10.5. The molecule has 0 aliphatic carbocycles. The van der Waals surface area contributed by atoms with Crippen molar-refractivity contribution in [2.24, 2.45) is 0 Å². The minimum atomic E-state index is 0.00591. The van der Waals surface area contributed by atoms with Crippen LogP contribution in [0.3, 0.4) is 0 Å². The van der Waals surface area contributed by atoms with Gasteiger partial charge in [-0.3, -0.25) is 4.79 Å². The van der Waals surface area contributed by atoms with Gasteiger partial charge in [-0.05, 0) is 13.8 Å². The average Bonchev–Trinajstić information content (AvgIpc) is 2.30. The second-order valence-electron chi connectivity index (χ2n) is 3.85. The molecule has 1 N–H and O–H groups in total. The largest absolute Gasteiger partial charge is 0.359 e. The van der Waals surface area contributed by atoms with E-state index in [-0.39, 0.29) is 5.91 Å². The lowest BCUT2D eigenvalue weighted by Crippen LogP contribution is -2.27. The molecule has 1 aromatic rings. The van der Waals surface area contributed by atoms with Crippen molar-refractivity contribution in [2.45, 2.75) is 20.3 Å². The molecule has 1 aromatic heterocycles. The lowest BCUT2D eigenvalue weighted by Gasteiger charge is -2.20. The smallest absolute Gasteiger partial charge is 0.221 e. The molecule has 1 heterocycles. The maximum absolute atomic E-state index is 11.2. The number of halogens is 1. The number of aromatic nitrogens is 2. The number of rotatable bonds is 4. The highest BCUT2D eigenvalue weighted by atomic mass is 35.5. The van der Waals surface area contributed by atoms with E-state index in [1.807, 2.05) is 18.9 Å². The number of anilines is 1. The van der Waals surface area contributed by atoms with Crippen LogP contribution in [0.15, 0.2) is 0 Å². The van der Waals surface area contributed by atoms with Gasteiger partial charge in [0, 0.05) is 32.6 Å². The Morgan fingerprint density at radius 3 is 2.65 bits per heavy atom. The Morgan fingerprint density at radius 1 is 1.41 bits per heavy atom. The first kappa shape index (κ1) is 13.7. The molecule has 5 nitrogen and oxygen atoms in total. The van der Waals surface area contributed by atoms with E-state index >= 15 is 0 Å². The van der Waals surface area contributed by atoms with Crippen molar-refractivity contribution in [3.05, 3.63) is 16.5 Å². The highest BCUT2D eigenvalue weighted by Gasteiger charge is 2.12. The third kappa shape index (κ3) is 3.56. The van der Waals surface area contributed by atoms with Gasteiger partial charge in [-0.25, -0.2) is 9.97 Å². The van der Waals surface area contributed by atoms with Crippen molar-refractivity contribution >= 4 is 23.3 Å². The molecule has 17 heavy (non-hydrogen) atoms. The minimum absolute atomic E-state index is 0.00591. The van der Waals surface area contributed by atoms with Crippen LogP contribution in [0.4, 0.5) is 5.82 Å². The number of carbonyl (C=O) groups excluding carboxylic acids is 1. The molecule has 94 valence electrons. The van der Waals surface area contributed by atoms with Gasteiger partial charge in [0.05, 0.1) is 0 Å². The van der Waals surface area contributed by atoms with E-state index in [9.17, 15) is 4.79 Å². The Hall–Kier alpha value is -1.36. The maximum Gasteiger partial charge on any atom is 0.221 e. The van der Waals surface area contributed by atoms with Gasteiger partial charge in [-0.2, -0.15) is 0 Å². The highest BCUT2D eigenvalue weighted by molar-refractivity contribution is 6.30. The zero-order valence-corrected chi connectivity index (χ0v) is 11.3. The molecular formula is C11H17ClN4O. The van der Waals surface area contributed by atoms with E-state index in [0.717, 1.165) is 11.4 Å². The van der Waals surface area contributed by atoms with Crippen molar-refractivity contribution in [3.63, 3.8) is 0 Å². The van der Waals surface area contributed by atoms with Gasteiger partial charge in [0.25, 0.3) is 0 Å². The average molecular weight is 257 g/mol. The van der Waals surface area contributed by atoms with Crippen LogP contribution in [0, 0.1) is 13.8 Å². The normalized spacial score (nSPS) is 10.2. The number of nitrogens with zero attached hydrogens (tertiary/aromatic N) is 3. The summed E-state index contributed by atoms with van der Waals surface area (Å²) in [5, 5.41) is 3.04. The van der Waals surface area contributed by atoms with Crippen LogP contribution in [0.25, 0.3) is 0 Å². The first-order valence-electron chi connectivity index (χ1n) is 5.38. The number of amides is 1. The Labute approximate surface area is 106 Å². The summed E-state index contributed by atoms with van der Waals surface area (Å²) in [7, 11) is 3.51. The standard InChI is InChI=1S/C11H17ClN4O/c1-7-10(12)14-8(2)15-11(7)16(4)6-5-9(17)13-3/h5-6H2,1-4H3,(H,13,17). The monoisotopic (exact) mass is 256 g/mol. The first-order valence-corrected chi connectivity index (χ1v) is 5.76. The molecule has 0 fully saturated rings. The van der Waals surface area contributed by atoms with E-state index in [1.54, 1.807) is 14.0 Å². The van der Waals surface area contributed by atoms with E-state index in [2.05, 4.69) is 15.3 Å². The molecule has 0 aliphatic rings. The van der Waals surface area contributed by atoms with Crippen molar-refractivity contribution in [2.75, 3.05) is 25.5 Å². The number of aryl methyl sites for hydroxylation is 1. The van der Waals surface area contributed by atoms with E-state index in [1.165, 1.54) is 0 Å². The third-order valence-electron chi connectivity index (χ3n) is 2.49. The van der Waals surface area contributed by atoms with Crippen molar-refractivity contribution in [1.29, 1.82) is 0 Å². The molecule has 0 radical (unpaired) electrons. The van der Waals surface area contributed by atoms with Crippen LogP contribution < -0.4 is 10.2 Å². The molecule has 0 saturated heterocycles. The summed E-state index contributed by atoms with van der Waals surface area (Å²) < 4.78 is 0. The predicted octanol–water partition coefficient (Wildman–Crippen LogP) is 1.32. The number of carbonyl (C=O) groups is 1. The van der Waals surface area contributed by atoms with Crippen LogP contribution in [0.1, 0.15) is 17.8 Å². The molecule has 0 aliphatic heterocycles. The fourth-order valence-electron chi connectivity index (χ4n) is 1.45. The van der Waals surface area contributed by atoms with Crippen LogP contribution in [0.5, 0.6) is 0 Å². The summed E-state index contributed by atoms with van der Waals surface area (Å²) in [6.45, 7) is 4.25. The summed E-state index contributed by atoms with van der Waals surface area (Å²) in [5.74, 6) is 1.40. The molecule has 0 spiro atoms. The van der Waals surface area contributed by atoms with Gasteiger partial charge in [0.2, 0.25) is 5.91 Å². The van der Waals surface area contributed by atoms with Gasteiger partial charge in [0.15, 0.2) is 0 Å². The van der Waals surface area contributed by atoms with Crippen LogP contribution in [-0.2, 0) is 4.79 Å². The van der Waals surface area contributed by atoms with Gasteiger partial charge < -0.3 is 10.2 Å². The molecule has 0 aromatic carbocycles. The van der Waals surface area contributed by atoms with Crippen LogP contribution >= 0.6 is 11.6 Å². The lowest BCUT2D eigenvalue weighted by molar-refractivity contribution is -0.120. The molecular weight excluding hydrogens is 240 g/mol. The maximum atomic E-state index is 11.2. The number of hydrogen-bond donors (Lipinski definition) is 1. The SMILES string of the molecule is CNC(=O)CCN(C)c1nc(C)nc(Cl)c1C. The zero-order chi connectivity index (χ0) is 13.0. The van der Waals surface area contributed by atoms with Gasteiger partial charge in [-0.15, -0.1) is 0 Å². The number of hydrogen-bond acceptors (Lipinski definition) is 4. The minimum Gasteiger partial charge on any atom is -0.359 e. The Balaban J connectivity index is 2.81. The third-order valence-corrected chi connectivity index (χ3v) is 2.86. The summed E-state index contributed by atoms with van der Waals surface area (Å²) >= 11 is 6.00. The predicted molar refractivity (Wildman–Crippen MR) is 68.5 cm³/mol. The highest BCUT2D eigenvalue weighted by Crippen LogP contribution is 2.22. The Bertz CT molecular complexity index is 422. The molecule has 1 rings (SSSR count). The fourth-order valence-corrected chi connectivity index (χ4v) is 1.66. The summed E-state index contributed by atoms with van der Waals surface area (Å²) in [6, 6.07) is 0. The van der Waals surface area contributed by atoms with E-state index in [0.29, 0.717) is 23.9 Å². The molecule has 6 heteroatoms. The van der Waals surface area contributed by atoms with Gasteiger partial charge >= 0.3 is 0 Å². The molecule has 0 bridgehead atoms. The van der Waals surface area contributed by atoms with Crippen LogP contribution in [-0.4, -0.2) is 36.5 Å². The molecule has 1 amide bonds. The van der Waals surface area contributed by atoms with Crippen molar-refractivity contribution in [3.8, 4) is 0 Å². The summed E-state index contributed by atoms with van der Waals surface area (Å²) in [5.41, 5.74) is 0.830. The van der Waals surface area contributed by atoms with E-state index in [4.69, 9.17) is 11.6 Å². The molecule has 0 unspecified atom stereocenters. The topological polar surface area (TPSA) is 58.1 Å². The quantitative estimate of drug-likeness (QED) is 0.826. The number of nitrogens with one attached hydrogen (secondary N) is 1. The summed E-state index contributed by atoms with van der Waals surface area (Å²) in [6.07, 6.45) is 0.424. The van der Waals surface area contributed by atoms with Gasteiger partial charge in [-0.1, -0.05) is 11.6 Å². The fraction of sp³-hybridized carbons (Fsp3) is 0.545. The first-order chi connectivity index (χ1) is 7.95. The second kappa shape index (κ2) is 5.82. The van der Waals surface area contributed by atoms with Crippen molar-refractivity contribution < 1.29 is 4.79 Å². The molecule has 0 atom stereocenters. The molecule has 0 saturated carbocycles. The second-order valence-corrected chi connectivity index (χ2v) is 4.21. The van der Waals surface area contributed by atoms with Crippen LogP contribution in [0.2, 0.25) is 5.15 Å². The van der Waals surface area contributed by atoms with E-state index < -0.39 is 0 Å². The van der Waals surface area contributed by atoms with Crippen molar-refractivity contribution in [1.82, 2.24) is 15.3 Å². The Morgan fingerprint density at radius 2 is 2.06 bits per heavy atom. The lowest BCUT2D eigenvalue weighted by atomic mass is 10.3. The Kier molecular flexibility index (Phi) is 4.69. The summed E-state index contributed by atoms with van der Waals surface area (Å²) in [4.78, 5) is 21.5.